The van der Waals surface area contributed by atoms with Crippen molar-refractivity contribution in [3.8, 4) is 11.6 Å². The van der Waals surface area contributed by atoms with E-state index in [9.17, 15) is 9.59 Å². The summed E-state index contributed by atoms with van der Waals surface area (Å²) in [6, 6.07) is 14.5. The minimum Gasteiger partial charge on any atom is -0.437 e. The lowest BCUT2D eigenvalue weighted by molar-refractivity contribution is 0.0982. The Morgan fingerprint density at radius 2 is 1.82 bits per heavy atom. The molecule has 6 rings (SSSR count). The molecule has 2 aromatic carbocycles. The first-order valence-electron chi connectivity index (χ1n) is 11.8. The van der Waals surface area contributed by atoms with Gasteiger partial charge in [0.25, 0.3) is 17.8 Å². The predicted octanol–water partition coefficient (Wildman–Crippen LogP) is 4.58. The summed E-state index contributed by atoms with van der Waals surface area (Å²) in [4.78, 5) is 34.7. The molecule has 0 bridgehead atoms. The summed E-state index contributed by atoms with van der Waals surface area (Å²) >= 11 is 12.8. The smallest absolute Gasteiger partial charge is 0.270 e. The van der Waals surface area contributed by atoms with Gasteiger partial charge in [0.05, 0.1) is 27.0 Å². The minimum atomic E-state index is -0.581. The van der Waals surface area contributed by atoms with Crippen molar-refractivity contribution in [2.75, 3.05) is 28.2 Å². The molecule has 2 aromatic heterocycles. The van der Waals surface area contributed by atoms with Gasteiger partial charge >= 0.3 is 0 Å². The normalized spacial score (nSPS) is 14.7. The summed E-state index contributed by atoms with van der Waals surface area (Å²) in [5.41, 5.74) is 2.25. The molecule has 0 spiro atoms. The number of amides is 2. The zero-order chi connectivity index (χ0) is 26.2. The van der Waals surface area contributed by atoms with Gasteiger partial charge in [-0.1, -0.05) is 40.4 Å². The van der Waals surface area contributed by atoms with Crippen LogP contribution in [0.1, 0.15) is 33.6 Å². The molecular formula is C25H20Cl2N8O3. The molecule has 0 atom stereocenters. The van der Waals surface area contributed by atoms with Crippen LogP contribution in [0.2, 0.25) is 10.0 Å². The lowest BCUT2D eigenvalue weighted by atomic mass is 10.1. The molecule has 0 radical (unpaired) electrons. The molecule has 1 aliphatic heterocycles. The maximum atomic E-state index is 13.8. The zero-order valence-electron chi connectivity index (χ0n) is 19.8. The Morgan fingerprint density at radius 3 is 2.58 bits per heavy atom. The van der Waals surface area contributed by atoms with Gasteiger partial charge in [0.1, 0.15) is 11.3 Å². The van der Waals surface area contributed by atoms with Crippen LogP contribution < -0.4 is 19.9 Å². The Kier molecular flexibility index (Phi) is 6.30. The van der Waals surface area contributed by atoms with Crippen LogP contribution in [-0.4, -0.2) is 56.6 Å². The highest BCUT2D eigenvalue weighted by atomic mass is 35.5. The molecule has 2 amide bonds. The number of para-hydroxylation sites is 2. The van der Waals surface area contributed by atoms with Crippen molar-refractivity contribution < 1.29 is 14.3 Å². The third-order valence-electron chi connectivity index (χ3n) is 6.32. The van der Waals surface area contributed by atoms with Gasteiger partial charge in [-0.3, -0.25) is 14.9 Å². The molecule has 13 heteroatoms. The van der Waals surface area contributed by atoms with Crippen LogP contribution in [0.5, 0.6) is 11.6 Å². The van der Waals surface area contributed by atoms with E-state index in [4.69, 9.17) is 27.9 Å². The largest absolute Gasteiger partial charge is 0.437 e. The summed E-state index contributed by atoms with van der Waals surface area (Å²) in [5.74, 6) is -0.628. The quantitative estimate of drug-likeness (QED) is 0.357. The Labute approximate surface area is 226 Å². The third-order valence-corrected chi connectivity index (χ3v) is 6.93. The van der Waals surface area contributed by atoms with Crippen molar-refractivity contribution in [1.29, 1.82) is 0 Å². The number of H-pyrrole nitrogens is 1. The van der Waals surface area contributed by atoms with Gasteiger partial charge in [0.2, 0.25) is 5.88 Å². The highest BCUT2D eigenvalue weighted by molar-refractivity contribution is 6.37. The van der Waals surface area contributed by atoms with Crippen molar-refractivity contribution in [1.82, 2.24) is 25.6 Å². The summed E-state index contributed by atoms with van der Waals surface area (Å²) in [6.07, 6.45) is 3.86. The second-order valence-electron chi connectivity index (χ2n) is 8.78. The SMILES string of the molecule is O=C(Nc1nn[nH]n1)c1cc(Cl)c(Oc2ncccc2C(=O)N2CCN(C3CC3)c3ccccc32)cc1Cl. The molecule has 192 valence electrons. The highest BCUT2D eigenvalue weighted by Crippen LogP contribution is 2.41. The van der Waals surface area contributed by atoms with Gasteiger partial charge in [0.15, 0.2) is 0 Å². The van der Waals surface area contributed by atoms with Crippen molar-refractivity contribution in [3.05, 3.63) is 75.9 Å². The van der Waals surface area contributed by atoms with E-state index in [-0.39, 0.29) is 44.7 Å². The Balaban J connectivity index is 1.27. The number of pyridine rings is 1. The maximum absolute atomic E-state index is 13.8. The van der Waals surface area contributed by atoms with Crippen molar-refractivity contribution in [3.63, 3.8) is 0 Å². The van der Waals surface area contributed by atoms with Gasteiger partial charge < -0.3 is 14.5 Å². The summed E-state index contributed by atoms with van der Waals surface area (Å²) < 4.78 is 5.97. The molecule has 38 heavy (non-hydrogen) atoms. The maximum Gasteiger partial charge on any atom is 0.270 e. The number of carbonyl (C=O) groups excluding carboxylic acids is 2. The molecule has 0 saturated heterocycles. The molecule has 3 heterocycles. The molecule has 1 saturated carbocycles. The van der Waals surface area contributed by atoms with E-state index in [1.807, 2.05) is 24.3 Å². The Morgan fingerprint density at radius 1 is 1.00 bits per heavy atom. The van der Waals surface area contributed by atoms with E-state index in [0.29, 0.717) is 12.6 Å². The van der Waals surface area contributed by atoms with Crippen LogP contribution >= 0.6 is 23.2 Å². The van der Waals surface area contributed by atoms with Gasteiger partial charge in [-0.15, -0.1) is 5.10 Å². The summed E-state index contributed by atoms with van der Waals surface area (Å²) in [7, 11) is 0. The number of hydrogen-bond donors (Lipinski definition) is 2. The number of carbonyl (C=O) groups is 2. The van der Waals surface area contributed by atoms with Crippen LogP contribution in [0.25, 0.3) is 0 Å². The fraction of sp³-hybridized carbons (Fsp3) is 0.200. The molecule has 2 aliphatic rings. The average Bonchev–Trinajstić information content (AvgIpc) is 3.65. The summed E-state index contributed by atoms with van der Waals surface area (Å²) in [6.45, 7) is 1.29. The lowest BCUT2D eigenvalue weighted by Gasteiger charge is -2.38. The number of nitrogens with one attached hydrogen (secondary N) is 2. The fourth-order valence-electron chi connectivity index (χ4n) is 4.41. The van der Waals surface area contributed by atoms with Crippen molar-refractivity contribution in [2.45, 2.75) is 18.9 Å². The van der Waals surface area contributed by atoms with Crippen LogP contribution in [-0.2, 0) is 0 Å². The first-order valence-corrected chi connectivity index (χ1v) is 12.6. The van der Waals surface area contributed by atoms with E-state index >= 15 is 0 Å². The number of halogens is 2. The van der Waals surface area contributed by atoms with E-state index in [1.165, 1.54) is 31.2 Å². The standard InChI is InChI=1S/C25H20Cl2N8O3/c26-17-13-21(18(27)12-16(17)22(36)29-25-30-32-33-31-25)38-23-15(4-3-9-28-23)24(37)35-11-10-34(14-7-8-14)19-5-1-2-6-20(19)35/h1-6,9,12-14H,7-8,10-11H2,(H2,29,30,31,32,33,36). The van der Waals surface area contributed by atoms with E-state index in [2.05, 4.69) is 35.8 Å². The number of aromatic amines is 1. The number of rotatable bonds is 6. The molecule has 11 nitrogen and oxygen atoms in total. The van der Waals surface area contributed by atoms with Crippen LogP contribution in [0.4, 0.5) is 17.3 Å². The molecule has 4 aromatic rings. The monoisotopic (exact) mass is 550 g/mol. The predicted molar refractivity (Wildman–Crippen MR) is 141 cm³/mol. The topological polar surface area (TPSA) is 129 Å². The second-order valence-corrected chi connectivity index (χ2v) is 9.59. The number of benzene rings is 2. The van der Waals surface area contributed by atoms with E-state index in [1.54, 1.807) is 17.0 Å². The second kappa shape index (κ2) is 9.92. The molecule has 1 fully saturated rings. The first-order chi connectivity index (χ1) is 18.5. The Bertz CT molecular complexity index is 1530. The average molecular weight is 551 g/mol. The third kappa shape index (κ3) is 4.61. The fourth-order valence-corrected chi connectivity index (χ4v) is 4.85. The molecule has 1 aliphatic carbocycles. The van der Waals surface area contributed by atoms with Gasteiger partial charge in [-0.2, -0.15) is 5.21 Å². The minimum absolute atomic E-state index is 0.0151. The van der Waals surface area contributed by atoms with Crippen LogP contribution in [0.3, 0.4) is 0 Å². The number of hydrogen-bond acceptors (Lipinski definition) is 8. The molecular weight excluding hydrogens is 531 g/mol. The number of ether oxygens (including phenoxy) is 1. The van der Waals surface area contributed by atoms with Crippen LogP contribution in [0.15, 0.2) is 54.7 Å². The van der Waals surface area contributed by atoms with E-state index < -0.39 is 5.91 Å². The molecule has 2 N–H and O–H groups in total. The van der Waals surface area contributed by atoms with Gasteiger partial charge in [-0.25, -0.2) is 4.98 Å². The van der Waals surface area contributed by atoms with Crippen LogP contribution in [0, 0.1) is 0 Å². The van der Waals surface area contributed by atoms with Crippen molar-refractivity contribution >= 4 is 52.3 Å². The number of anilines is 3. The number of aromatic nitrogens is 5. The van der Waals surface area contributed by atoms with Gasteiger partial charge in [-0.05, 0) is 48.4 Å². The highest BCUT2D eigenvalue weighted by Gasteiger charge is 2.36. The zero-order valence-corrected chi connectivity index (χ0v) is 21.3. The van der Waals surface area contributed by atoms with Crippen molar-refractivity contribution in [2.24, 2.45) is 0 Å². The Hall–Kier alpha value is -4.22. The number of tetrazole rings is 1. The first kappa shape index (κ1) is 24.1. The number of nitrogens with zero attached hydrogens (tertiary/aromatic N) is 6. The number of fused-ring (bicyclic) bond motifs is 1. The molecule has 0 unspecified atom stereocenters. The summed E-state index contributed by atoms with van der Waals surface area (Å²) in [5, 5.41) is 15.6. The van der Waals surface area contributed by atoms with Gasteiger partial charge in [0, 0.05) is 31.4 Å². The lowest BCUT2D eigenvalue weighted by Crippen LogP contribution is -2.45. The van der Waals surface area contributed by atoms with E-state index in [0.717, 1.165) is 17.9 Å².